The van der Waals surface area contributed by atoms with E-state index in [1.807, 2.05) is 30.3 Å². The molecule has 0 atom stereocenters. The Kier molecular flexibility index (Phi) is 6.80. The number of carbonyl (C=O) groups is 1. The number of benzene rings is 2. The van der Waals surface area contributed by atoms with E-state index in [4.69, 9.17) is 16.3 Å². The SMILES string of the molecule is COc1ccc(Br)cc1/C=C/C(=O)Nc1ccc(N2CCCCC2)c(Cl)c1. The minimum atomic E-state index is -0.223. The third-order valence-electron chi connectivity index (χ3n) is 4.52. The van der Waals surface area contributed by atoms with Crippen LogP contribution in [0.3, 0.4) is 0 Å². The number of hydrogen-bond acceptors (Lipinski definition) is 3. The summed E-state index contributed by atoms with van der Waals surface area (Å²) in [6.45, 7) is 2.06. The topological polar surface area (TPSA) is 41.6 Å². The molecule has 1 N–H and O–H groups in total. The van der Waals surface area contributed by atoms with Crippen molar-refractivity contribution in [1.29, 1.82) is 0 Å². The van der Waals surface area contributed by atoms with Crippen LogP contribution in [0.15, 0.2) is 46.9 Å². The number of methoxy groups -OCH3 is 1. The Bertz CT molecular complexity index is 848. The Morgan fingerprint density at radius 3 is 2.67 bits per heavy atom. The molecule has 2 aromatic carbocycles. The minimum Gasteiger partial charge on any atom is -0.496 e. The van der Waals surface area contributed by atoms with E-state index in [-0.39, 0.29) is 5.91 Å². The summed E-state index contributed by atoms with van der Waals surface area (Å²) < 4.78 is 6.23. The van der Waals surface area contributed by atoms with Gasteiger partial charge in [-0.2, -0.15) is 0 Å². The monoisotopic (exact) mass is 448 g/mol. The van der Waals surface area contributed by atoms with Gasteiger partial charge in [0.25, 0.3) is 0 Å². The van der Waals surface area contributed by atoms with Crippen LogP contribution < -0.4 is 15.0 Å². The van der Waals surface area contributed by atoms with Crippen molar-refractivity contribution in [3.63, 3.8) is 0 Å². The Morgan fingerprint density at radius 2 is 1.96 bits per heavy atom. The molecule has 0 radical (unpaired) electrons. The maximum Gasteiger partial charge on any atom is 0.248 e. The van der Waals surface area contributed by atoms with E-state index < -0.39 is 0 Å². The Hall–Kier alpha value is -1.98. The predicted molar refractivity (Wildman–Crippen MR) is 116 cm³/mol. The van der Waals surface area contributed by atoms with Crippen LogP contribution in [0, 0.1) is 0 Å². The van der Waals surface area contributed by atoms with Crippen LogP contribution in [0.5, 0.6) is 5.75 Å². The lowest BCUT2D eigenvalue weighted by Crippen LogP contribution is -2.29. The zero-order chi connectivity index (χ0) is 19.2. The number of anilines is 2. The third kappa shape index (κ3) is 5.27. The number of rotatable bonds is 5. The summed E-state index contributed by atoms with van der Waals surface area (Å²) in [7, 11) is 1.60. The average molecular weight is 450 g/mol. The van der Waals surface area contributed by atoms with E-state index in [1.54, 1.807) is 19.3 Å². The molecule has 1 aliphatic rings. The summed E-state index contributed by atoms with van der Waals surface area (Å²) in [6.07, 6.45) is 6.87. The van der Waals surface area contributed by atoms with Gasteiger partial charge in [-0.15, -0.1) is 0 Å². The lowest BCUT2D eigenvalue weighted by Gasteiger charge is -2.29. The van der Waals surface area contributed by atoms with E-state index in [0.717, 1.165) is 28.8 Å². The fourth-order valence-corrected chi connectivity index (χ4v) is 3.84. The van der Waals surface area contributed by atoms with Crippen molar-refractivity contribution in [1.82, 2.24) is 0 Å². The molecule has 0 aliphatic carbocycles. The molecule has 2 aromatic rings. The first-order valence-electron chi connectivity index (χ1n) is 8.94. The van der Waals surface area contributed by atoms with Crippen molar-refractivity contribution < 1.29 is 9.53 Å². The Balaban J connectivity index is 1.67. The second-order valence-corrected chi connectivity index (χ2v) is 7.75. The van der Waals surface area contributed by atoms with Gasteiger partial charge in [-0.1, -0.05) is 27.5 Å². The molecule has 1 aliphatic heterocycles. The van der Waals surface area contributed by atoms with E-state index in [1.165, 1.54) is 25.3 Å². The van der Waals surface area contributed by atoms with Crippen LogP contribution in [-0.4, -0.2) is 26.1 Å². The summed E-state index contributed by atoms with van der Waals surface area (Å²) in [5.74, 6) is 0.481. The van der Waals surface area contributed by atoms with Crippen molar-refractivity contribution in [3.05, 3.63) is 57.5 Å². The molecule has 142 valence electrons. The quantitative estimate of drug-likeness (QED) is 0.591. The maximum atomic E-state index is 12.3. The number of ether oxygens (including phenoxy) is 1. The lowest BCUT2D eigenvalue weighted by atomic mass is 10.1. The Labute approximate surface area is 173 Å². The Morgan fingerprint density at radius 1 is 1.19 bits per heavy atom. The zero-order valence-corrected chi connectivity index (χ0v) is 17.5. The zero-order valence-electron chi connectivity index (χ0n) is 15.2. The van der Waals surface area contributed by atoms with Crippen LogP contribution >= 0.6 is 27.5 Å². The van der Waals surface area contributed by atoms with Crippen molar-refractivity contribution in [2.45, 2.75) is 19.3 Å². The number of halogens is 2. The molecule has 4 nitrogen and oxygen atoms in total. The summed E-state index contributed by atoms with van der Waals surface area (Å²) in [6, 6.07) is 11.3. The van der Waals surface area contributed by atoms with E-state index in [9.17, 15) is 4.79 Å². The molecular weight excluding hydrogens is 428 g/mol. The second kappa shape index (κ2) is 9.29. The van der Waals surface area contributed by atoms with Gasteiger partial charge in [-0.3, -0.25) is 4.79 Å². The van der Waals surface area contributed by atoms with Crippen LogP contribution in [0.1, 0.15) is 24.8 Å². The van der Waals surface area contributed by atoms with Crippen LogP contribution in [0.2, 0.25) is 5.02 Å². The van der Waals surface area contributed by atoms with E-state index in [2.05, 4.69) is 26.1 Å². The first-order chi connectivity index (χ1) is 13.1. The van der Waals surface area contributed by atoms with Gasteiger partial charge in [-0.25, -0.2) is 0 Å². The van der Waals surface area contributed by atoms with Gasteiger partial charge < -0.3 is 15.0 Å². The number of carbonyl (C=O) groups excluding carboxylic acids is 1. The van der Waals surface area contributed by atoms with Gasteiger partial charge in [0.1, 0.15) is 5.75 Å². The molecule has 27 heavy (non-hydrogen) atoms. The van der Waals surface area contributed by atoms with Gasteiger partial charge in [0, 0.05) is 34.9 Å². The number of piperidine rings is 1. The van der Waals surface area contributed by atoms with E-state index in [0.29, 0.717) is 16.5 Å². The standard InChI is InChI=1S/C21H22BrClN2O2/c1-27-20-9-6-16(22)13-15(20)5-10-21(26)24-17-7-8-19(18(23)14-17)25-11-3-2-4-12-25/h5-10,13-14H,2-4,11-12H2,1H3,(H,24,26)/b10-5+. The van der Waals surface area contributed by atoms with Gasteiger partial charge in [0.15, 0.2) is 0 Å². The number of nitrogens with one attached hydrogen (secondary N) is 1. The normalized spacial score (nSPS) is 14.4. The highest BCUT2D eigenvalue weighted by Gasteiger charge is 2.14. The fourth-order valence-electron chi connectivity index (χ4n) is 3.16. The molecule has 3 rings (SSSR count). The number of hydrogen-bond donors (Lipinski definition) is 1. The second-order valence-electron chi connectivity index (χ2n) is 6.42. The molecule has 0 bridgehead atoms. The third-order valence-corrected chi connectivity index (χ3v) is 5.31. The van der Waals surface area contributed by atoms with E-state index >= 15 is 0 Å². The minimum absolute atomic E-state index is 0.223. The highest BCUT2D eigenvalue weighted by Crippen LogP contribution is 2.31. The van der Waals surface area contributed by atoms with Crippen LogP contribution in [0.4, 0.5) is 11.4 Å². The first kappa shape index (κ1) is 19.8. The van der Waals surface area contributed by atoms with Gasteiger partial charge in [-0.05, 0) is 61.7 Å². The molecule has 1 amide bonds. The molecule has 0 aromatic heterocycles. The van der Waals surface area contributed by atoms with Gasteiger partial charge in [0.2, 0.25) is 5.91 Å². The predicted octanol–water partition coefficient (Wildman–Crippen LogP) is 5.75. The largest absolute Gasteiger partial charge is 0.496 e. The van der Waals surface area contributed by atoms with Crippen molar-refractivity contribution in [3.8, 4) is 5.75 Å². The summed E-state index contributed by atoms with van der Waals surface area (Å²) in [5, 5.41) is 3.51. The van der Waals surface area contributed by atoms with Gasteiger partial charge >= 0.3 is 0 Å². The lowest BCUT2D eigenvalue weighted by molar-refractivity contribution is -0.111. The molecule has 1 fully saturated rings. The molecule has 1 heterocycles. The molecule has 0 spiro atoms. The molecular formula is C21H22BrClN2O2. The average Bonchev–Trinajstić information content (AvgIpc) is 2.67. The molecule has 6 heteroatoms. The summed E-state index contributed by atoms with van der Waals surface area (Å²) in [5.41, 5.74) is 2.53. The fraction of sp³-hybridized carbons (Fsp3) is 0.286. The number of nitrogens with zero attached hydrogens (tertiary/aromatic N) is 1. The van der Waals surface area contributed by atoms with Gasteiger partial charge in [0.05, 0.1) is 17.8 Å². The number of amides is 1. The highest BCUT2D eigenvalue weighted by atomic mass is 79.9. The summed E-state index contributed by atoms with van der Waals surface area (Å²) >= 11 is 9.87. The molecule has 0 saturated carbocycles. The van der Waals surface area contributed by atoms with Crippen LogP contribution in [0.25, 0.3) is 6.08 Å². The maximum absolute atomic E-state index is 12.3. The van der Waals surface area contributed by atoms with Crippen molar-refractivity contribution >= 4 is 50.9 Å². The molecule has 0 unspecified atom stereocenters. The first-order valence-corrected chi connectivity index (χ1v) is 10.1. The van der Waals surface area contributed by atoms with Crippen molar-refractivity contribution in [2.75, 3.05) is 30.4 Å². The summed E-state index contributed by atoms with van der Waals surface area (Å²) in [4.78, 5) is 14.6. The van der Waals surface area contributed by atoms with Crippen LogP contribution in [-0.2, 0) is 4.79 Å². The highest BCUT2D eigenvalue weighted by molar-refractivity contribution is 9.10. The van der Waals surface area contributed by atoms with Crippen molar-refractivity contribution in [2.24, 2.45) is 0 Å². The molecule has 1 saturated heterocycles. The smallest absolute Gasteiger partial charge is 0.248 e.